The van der Waals surface area contributed by atoms with Gasteiger partial charge < -0.3 is 14.4 Å². The van der Waals surface area contributed by atoms with E-state index in [-0.39, 0.29) is 17.7 Å². The van der Waals surface area contributed by atoms with Gasteiger partial charge in [0, 0.05) is 12.8 Å². The molecule has 1 saturated carbocycles. The highest BCUT2D eigenvalue weighted by Gasteiger charge is 2.31. The van der Waals surface area contributed by atoms with Gasteiger partial charge in [-0.25, -0.2) is 9.18 Å². The Morgan fingerprint density at radius 1 is 1.71 bits per heavy atom. The summed E-state index contributed by atoms with van der Waals surface area (Å²) in [6.45, 7) is 0. The van der Waals surface area contributed by atoms with Crippen LogP contribution in [0.25, 0.3) is 0 Å². The monoisotopic (exact) mass is 201 g/mol. The number of hydrogen-bond acceptors (Lipinski definition) is 4. The number of aromatic carboxylic acids is 1. The minimum atomic E-state index is -1.20. The van der Waals surface area contributed by atoms with Crippen molar-refractivity contribution in [3.05, 3.63) is 11.8 Å². The predicted molar refractivity (Wildman–Crippen MR) is 42.0 cm³/mol. The summed E-state index contributed by atoms with van der Waals surface area (Å²) in [5.74, 6) is -1.39. The van der Waals surface area contributed by atoms with Gasteiger partial charge in [0.2, 0.25) is 5.76 Å². The molecule has 0 unspecified atom stereocenters. The average Bonchev–Trinajstić information content (AvgIpc) is 2.50. The maximum Gasteiger partial charge on any atom is 0.374 e. The quantitative estimate of drug-likeness (QED) is 0.796. The van der Waals surface area contributed by atoms with E-state index < -0.39 is 12.1 Å². The van der Waals surface area contributed by atoms with Crippen molar-refractivity contribution in [1.82, 2.24) is 5.16 Å². The molecule has 0 aromatic carbocycles. The largest absolute Gasteiger partial charge is 0.475 e. The van der Waals surface area contributed by atoms with Gasteiger partial charge in [0.05, 0.1) is 6.07 Å². The molecule has 0 aliphatic heterocycles. The lowest BCUT2D eigenvalue weighted by atomic mass is 9.94. The van der Waals surface area contributed by atoms with Crippen LogP contribution < -0.4 is 4.74 Å². The molecule has 1 fully saturated rings. The zero-order valence-electron chi connectivity index (χ0n) is 7.14. The topological polar surface area (TPSA) is 72.6 Å². The molecule has 5 nitrogen and oxygen atoms in total. The Bertz CT molecular complexity index is 345. The van der Waals surface area contributed by atoms with E-state index in [1.165, 1.54) is 6.07 Å². The number of halogens is 1. The molecule has 1 aromatic heterocycles. The fourth-order valence-electron chi connectivity index (χ4n) is 1.18. The third-order valence-corrected chi connectivity index (χ3v) is 2.02. The molecular weight excluding hydrogens is 193 g/mol. The molecule has 0 bridgehead atoms. The van der Waals surface area contributed by atoms with Crippen molar-refractivity contribution in [2.75, 3.05) is 0 Å². The van der Waals surface area contributed by atoms with Gasteiger partial charge in [-0.3, -0.25) is 0 Å². The molecule has 6 heteroatoms. The van der Waals surface area contributed by atoms with E-state index in [0.717, 1.165) is 0 Å². The van der Waals surface area contributed by atoms with Gasteiger partial charge in [-0.05, 0) is 5.16 Å². The summed E-state index contributed by atoms with van der Waals surface area (Å²) in [6, 6.07) is 1.17. The Balaban J connectivity index is 1.93. The van der Waals surface area contributed by atoms with Crippen LogP contribution in [0.3, 0.4) is 0 Å². The smallest absolute Gasteiger partial charge is 0.374 e. The van der Waals surface area contributed by atoms with Crippen molar-refractivity contribution in [2.24, 2.45) is 0 Å². The number of hydrogen-bond donors (Lipinski definition) is 1. The Kier molecular flexibility index (Phi) is 2.11. The summed E-state index contributed by atoms with van der Waals surface area (Å²) in [7, 11) is 0. The molecule has 0 amide bonds. The van der Waals surface area contributed by atoms with Crippen molar-refractivity contribution in [3.8, 4) is 5.88 Å². The fraction of sp³-hybridized carbons (Fsp3) is 0.500. The summed E-state index contributed by atoms with van der Waals surface area (Å²) >= 11 is 0. The van der Waals surface area contributed by atoms with E-state index in [1.807, 2.05) is 0 Å². The second kappa shape index (κ2) is 3.28. The number of aromatic nitrogens is 1. The van der Waals surface area contributed by atoms with Crippen molar-refractivity contribution in [3.63, 3.8) is 0 Å². The Labute approximate surface area is 78.5 Å². The number of carboxylic acids is 1. The van der Waals surface area contributed by atoms with Crippen LogP contribution >= 0.6 is 0 Å². The molecule has 2 rings (SSSR count). The number of carbonyl (C=O) groups is 1. The van der Waals surface area contributed by atoms with Crippen LogP contribution in [0.4, 0.5) is 4.39 Å². The standard InChI is InChI=1S/C8H8FNO4/c9-4-1-5(2-4)13-7-3-6(8(11)12)14-10-7/h3-5H,1-2H2,(H,11,12)/t4-,5+. The first kappa shape index (κ1) is 8.98. The zero-order valence-corrected chi connectivity index (χ0v) is 7.14. The van der Waals surface area contributed by atoms with Crippen LogP contribution in [-0.2, 0) is 0 Å². The number of alkyl halides is 1. The van der Waals surface area contributed by atoms with E-state index in [1.54, 1.807) is 0 Å². The Morgan fingerprint density at radius 2 is 2.43 bits per heavy atom. The van der Waals surface area contributed by atoms with Crippen molar-refractivity contribution < 1.29 is 23.6 Å². The van der Waals surface area contributed by atoms with Gasteiger partial charge in [-0.15, -0.1) is 0 Å². The van der Waals surface area contributed by atoms with Gasteiger partial charge in [0.1, 0.15) is 12.3 Å². The summed E-state index contributed by atoms with van der Waals surface area (Å²) in [6.07, 6.45) is -0.368. The molecule has 1 aliphatic rings. The van der Waals surface area contributed by atoms with Gasteiger partial charge in [-0.2, -0.15) is 0 Å². The van der Waals surface area contributed by atoms with Crippen LogP contribution in [0.2, 0.25) is 0 Å². The molecule has 1 heterocycles. The molecule has 76 valence electrons. The lowest BCUT2D eigenvalue weighted by Gasteiger charge is -2.28. The van der Waals surface area contributed by atoms with Crippen molar-refractivity contribution in [2.45, 2.75) is 25.1 Å². The minimum absolute atomic E-state index is 0.0966. The van der Waals surface area contributed by atoms with Gasteiger partial charge in [0.25, 0.3) is 5.88 Å². The van der Waals surface area contributed by atoms with Gasteiger partial charge in [-0.1, -0.05) is 0 Å². The normalized spacial score (nSPS) is 25.5. The number of carboxylic acid groups (broad SMARTS) is 1. The van der Waals surface area contributed by atoms with Crippen LogP contribution in [0.1, 0.15) is 23.4 Å². The fourth-order valence-corrected chi connectivity index (χ4v) is 1.18. The van der Waals surface area contributed by atoms with E-state index >= 15 is 0 Å². The zero-order chi connectivity index (χ0) is 10.1. The third kappa shape index (κ3) is 1.68. The molecule has 14 heavy (non-hydrogen) atoms. The molecule has 0 radical (unpaired) electrons. The van der Waals surface area contributed by atoms with Gasteiger partial charge >= 0.3 is 5.97 Å². The molecule has 1 N–H and O–H groups in total. The second-order valence-electron chi connectivity index (χ2n) is 3.14. The van der Waals surface area contributed by atoms with E-state index in [9.17, 15) is 9.18 Å². The highest BCUT2D eigenvalue weighted by Crippen LogP contribution is 2.27. The summed E-state index contributed by atoms with van der Waals surface area (Å²) in [5.41, 5.74) is 0. The SMILES string of the molecule is O=C(O)c1cc(O[C@H]2C[C@@H](F)C2)no1. The van der Waals surface area contributed by atoms with Crippen LogP contribution in [0, 0.1) is 0 Å². The first-order chi connectivity index (χ1) is 6.65. The van der Waals surface area contributed by atoms with Crippen molar-refractivity contribution >= 4 is 5.97 Å². The lowest BCUT2D eigenvalue weighted by Crippen LogP contribution is -2.34. The molecule has 1 aliphatic carbocycles. The Morgan fingerprint density at radius 3 is 2.93 bits per heavy atom. The average molecular weight is 201 g/mol. The van der Waals surface area contributed by atoms with Crippen LogP contribution in [0.5, 0.6) is 5.88 Å². The second-order valence-corrected chi connectivity index (χ2v) is 3.14. The van der Waals surface area contributed by atoms with E-state index in [4.69, 9.17) is 9.84 Å². The first-order valence-electron chi connectivity index (χ1n) is 4.16. The van der Waals surface area contributed by atoms with Crippen LogP contribution in [0.15, 0.2) is 10.6 Å². The maximum absolute atomic E-state index is 12.4. The minimum Gasteiger partial charge on any atom is -0.475 e. The predicted octanol–water partition coefficient (Wildman–Crippen LogP) is 1.25. The lowest BCUT2D eigenvalue weighted by molar-refractivity contribution is 0.0353. The number of rotatable bonds is 3. The Hall–Kier alpha value is -1.59. The summed E-state index contributed by atoms with van der Waals surface area (Å²) in [5, 5.41) is 11.9. The number of ether oxygens (including phenoxy) is 1. The van der Waals surface area contributed by atoms with Crippen LogP contribution in [-0.4, -0.2) is 28.5 Å². The van der Waals surface area contributed by atoms with E-state index in [2.05, 4.69) is 9.68 Å². The maximum atomic E-state index is 12.4. The summed E-state index contributed by atoms with van der Waals surface area (Å²) in [4.78, 5) is 10.4. The summed E-state index contributed by atoms with van der Waals surface area (Å²) < 4.78 is 22.0. The van der Waals surface area contributed by atoms with Crippen molar-refractivity contribution in [1.29, 1.82) is 0 Å². The highest BCUT2D eigenvalue weighted by molar-refractivity contribution is 5.84. The highest BCUT2D eigenvalue weighted by atomic mass is 19.1. The van der Waals surface area contributed by atoms with Gasteiger partial charge in [0.15, 0.2) is 0 Å². The molecule has 0 saturated heterocycles. The first-order valence-corrected chi connectivity index (χ1v) is 4.16. The molecular formula is C8H8FNO4. The molecule has 1 aromatic rings. The molecule has 0 spiro atoms. The molecule has 0 atom stereocenters. The van der Waals surface area contributed by atoms with E-state index in [0.29, 0.717) is 12.8 Å². The number of nitrogens with zero attached hydrogens (tertiary/aromatic N) is 1. The third-order valence-electron chi connectivity index (χ3n) is 2.02.